The van der Waals surface area contributed by atoms with Gasteiger partial charge in [0.15, 0.2) is 4.32 Å². The van der Waals surface area contributed by atoms with Gasteiger partial charge < -0.3 is 0 Å². The van der Waals surface area contributed by atoms with Crippen molar-refractivity contribution in [2.75, 3.05) is 0 Å². The van der Waals surface area contributed by atoms with Gasteiger partial charge in [0.05, 0.1) is 18.1 Å². The second-order valence-corrected chi connectivity index (χ2v) is 4.63. The molecule has 0 aliphatic heterocycles. The van der Waals surface area contributed by atoms with Gasteiger partial charge in [-0.1, -0.05) is 52.3 Å². The summed E-state index contributed by atoms with van der Waals surface area (Å²) >= 11 is 3.39. The molecular formula is C12H7BrN2. The Labute approximate surface area is 96.6 Å². The third-order valence-corrected chi connectivity index (χ3v) is 3.65. The number of fused-ring (bicyclic) bond motifs is 1. The summed E-state index contributed by atoms with van der Waals surface area (Å²) in [5, 5.41) is 18.2. The van der Waals surface area contributed by atoms with E-state index in [1.165, 1.54) is 0 Å². The standard InChI is InChI=1S/C12H7BrN2/c13-12(8-15)10(7-14)6-5-9-3-1-2-4-11(9)12/h1-6,10H. The van der Waals surface area contributed by atoms with Gasteiger partial charge in [0.1, 0.15) is 0 Å². The number of rotatable bonds is 0. The average Bonchev–Trinajstić information content (AvgIpc) is 2.30. The van der Waals surface area contributed by atoms with Crippen LogP contribution in [0.2, 0.25) is 0 Å². The molecule has 0 aromatic heterocycles. The van der Waals surface area contributed by atoms with Gasteiger partial charge in [-0.15, -0.1) is 0 Å². The monoisotopic (exact) mass is 258 g/mol. The SMILES string of the molecule is N#CC1C=Cc2ccccc2C1(Br)C#N. The van der Waals surface area contributed by atoms with Crippen LogP contribution in [0.3, 0.4) is 0 Å². The number of hydrogen-bond acceptors (Lipinski definition) is 2. The van der Waals surface area contributed by atoms with Crippen molar-refractivity contribution in [3.63, 3.8) is 0 Å². The molecule has 1 aliphatic rings. The van der Waals surface area contributed by atoms with Crippen LogP contribution < -0.4 is 0 Å². The molecule has 2 rings (SSSR count). The lowest BCUT2D eigenvalue weighted by Gasteiger charge is -2.28. The normalized spacial score (nSPS) is 27.5. The van der Waals surface area contributed by atoms with Crippen LogP contribution in [0.15, 0.2) is 30.3 Å². The van der Waals surface area contributed by atoms with E-state index in [4.69, 9.17) is 5.26 Å². The van der Waals surface area contributed by atoms with Gasteiger partial charge >= 0.3 is 0 Å². The Kier molecular flexibility index (Phi) is 2.34. The second-order valence-electron chi connectivity index (χ2n) is 3.38. The Morgan fingerprint density at radius 1 is 1.27 bits per heavy atom. The van der Waals surface area contributed by atoms with Crippen LogP contribution in [0.5, 0.6) is 0 Å². The molecule has 2 atom stereocenters. The smallest absolute Gasteiger partial charge is 0.156 e. The zero-order valence-electron chi connectivity index (χ0n) is 7.81. The number of halogens is 1. The molecular weight excluding hydrogens is 252 g/mol. The predicted octanol–water partition coefficient (Wildman–Crippen LogP) is 2.97. The summed E-state index contributed by atoms with van der Waals surface area (Å²) in [4.78, 5) is 0. The Balaban J connectivity index is 2.68. The zero-order valence-corrected chi connectivity index (χ0v) is 9.40. The molecule has 3 heteroatoms. The predicted molar refractivity (Wildman–Crippen MR) is 60.8 cm³/mol. The highest BCUT2D eigenvalue weighted by Gasteiger charge is 2.40. The van der Waals surface area contributed by atoms with Crippen LogP contribution in [0.1, 0.15) is 11.1 Å². The van der Waals surface area contributed by atoms with Gasteiger partial charge in [-0.3, -0.25) is 0 Å². The summed E-state index contributed by atoms with van der Waals surface area (Å²) in [7, 11) is 0. The molecule has 1 aromatic carbocycles. The van der Waals surface area contributed by atoms with Crippen molar-refractivity contribution in [2.45, 2.75) is 4.32 Å². The third kappa shape index (κ3) is 1.37. The molecule has 1 aromatic rings. The highest BCUT2D eigenvalue weighted by atomic mass is 79.9. The van der Waals surface area contributed by atoms with Crippen molar-refractivity contribution >= 4 is 22.0 Å². The van der Waals surface area contributed by atoms with Crippen LogP contribution in [0.25, 0.3) is 6.08 Å². The van der Waals surface area contributed by atoms with Gasteiger partial charge in [-0.2, -0.15) is 10.5 Å². The number of benzene rings is 1. The average molecular weight is 259 g/mol. The van der Waals surface area contributed by atoms with E-state index in [9.17, 15) is 5.26 Å². The number of allylic oxidation sites excluding steroid dienone is 1. The Bertz CT molecular complexity index is 507. The van der Waals surface area contributed by atoms with Crippen LogP contribution >= 0.6 is 15.9 Å². The molecule has 2 unspecified atom stereocenters. The first-order chi connectivity index (χ1) is 7.22. The van der Waals surface area contributed by atoms with Crippen LogP contribution in [0, 0.1) is 28.6 Å². The molecule has 0 saturated heterocycles. The highest BCUT2D eigenvalue weighted by molar-refractivity contribution is 9.09. The van der Waals surface area contributed by atoms with E-state index in [-0.39, 0.29) is 0 Å². The quantitative estimate of drug-likeness (QED) is 0.672. The minimum absolute atomic E-state index is 0.447. The fraction of sp³-hybridized carbons (Fsp3) is 0.167. The van der Waals surface area contributed by atoms with Gasteiger partial charge in [-0.25, -0.2) is 0 Å². The zero-order chi connectivity index (χ0) is 10.9. The summed E-state index contributed by atoms with van der Waals surface area (Å²) in [6.45, 7) is 0. The van der Waals surface area contributed by atoms with Crippen LogP contribution in [-0.2, 0) is 4.32 Å². The maximum Gasteiger partial charge on any atom is 0.156 e. The molecule has 15 heavy (non-hydrogen) atoms. The lowest BCUT2D eigenvalue weighted by atomic mass is 9.81. The number of nitriles is 2. The van der Waals surface area contributed by atoms with E-state index >= 15 is 0 Å². The van der Waals surface area contributed by atoms with Gasteiger partial charge in [0.2, 0.25) is 0 Å². The first kappa shape index (κ1) is 9.96. The second kappa shape index (κ2) is 3.53. The van der Waals surface area contributed by atoms with Crippen molar-refractivity contribution in [3.05, 3.63) is 41.5 Å². The van der Waals surface area contributed by atoms with E-state index in [1.807, 2.05) is 30.3 Å². The minimum atomic E-state index is -0.910. The largest absolute Gasteiger partial charge is 0.198 e. The molecule has 0 N–H and O–H groups in total. The number of nitrogens with zero attached hydrogens (tertiary/aromatic N) is 2. The van der Waals surface area contributed by atoms with E-state index < -0.39 is 10.2 Å². The maximum atomic E-state index is 9.22. The molecule has 0 radical (unpaired) electrons. The molecule has 0 heterocycles. The molecule has 2 nitrogen and oxygen atoms in total. The van der Waals surface area contributed by atoms with E-state index in [2.05, 4.69) is 28.1 Å². The summed E-state index contributed by atoms with van der Waals surface area (Å²) in [5.74, 6) is -0.447. The van der Waals surface area contributed by atoms with Crippen LogP contribution in [-0.4, -0.2) is 0 Å². The van der Waals surface area contributed by atoms with Gasteiger partial charge in [0.25, 0.3) is 0 Å². The van der Waals surface area contributed by atoms with Crippen molar-refractivity contribution in [3.8, 4) is 12.1 Å². The van der Waals surface area contributed by atoms with E-state index in [0.29, 0.717) is 0 Å². The summed E-state index contributed by atoms with van der Waals surface area (Å²) < 4.78 is -0.910. The molecule has 0 spiro atoms. The number of hydrogen-bond donors (Lipinski definition) is 0. The Morgan fingerprint density at radius 3 is 2.67 bits per heavy atom. The van der Waals surface area contributed by atoms with Gasteiger partial charge in [-0.05, 0) is 11.1 Å². The Morgan fingerprint density at radius 2 is 2.00 bits per heavy atom. The van der Waals surface area contributed by atoms with E-state index in [1.54, 1.807) is 6.08 Å². The van der Waals surface area contributed by atoms with Crippen LogP contribution in [0.4, 0.5) is 0 Å². The lowest BCUT2D eigenvalue weighted by molar-refractivity contribution is 0.679. The lowest BCUT2D eigenvalue weighted by Crippen LogP contribution is -2.28. The molecule has 72 valence electrons. The molecule has 1 aliphatic carbocycles. The Hall–Kier alpha value is -1.58. The maximum absolute atomic E-state index is 9.22. The van der Waals surface area contributed by atoms with E-state index in [0.717, 1.165) is 11.1 Å². The first-order valence-electron chi connectivity index (χ1n) is 4.50. The van der Waals surface area contributed by atoms with Crippen molar-refractivity contribution in [2.24, 2.45) is 5.92 Å². The van der Waals surface area contributed by atoms with Crippen molar-refractivity contribution < 1.29 is 0 Å². The molecule has 0 bridgehead atoms. The van der Waals surface area contributed by atoms with Crippen molar-refractivity contribution in [1.29, 1.82) is 10.5 Å². The number of alkyl halides is 1. The molecule has 0 fully saturated rings. The summed E-state index contributed by atoms with van der Waals surface area (Å²) in [5.41, 5.74) is 1.85. The first-order valence-corrected chi connectivity index (χ1v) is 5.29. The topological polar surface area (TPSA) is 47.6 Å². The summed E-state index contributed by atoms with van der Waals surface area (Å²) in [6.07, 6.45) is 3.65. The molecule has 0 amide bonds. The fourth-order valence-corrected chi connectivity index (χ4v) is 2.35. The van der Waals surface area contributed by atoms with Gasteiger partial charge in [0, 0.05) is 0 Å². The molecule has 0 saturated carbocycles. The highest BCUT2D eigenvalue weighted by Crippen LogP contribution is 2.44. The third-order valence-electron chi connectivity index (χ3n) is 2.55. The minimum Gasteiger partial charge on any atom is -0.198 e. The van der Waals surface area contributed by atoms with Crippen molar-refractivity contribution in [1.82, 2.24) is 0 Å². The fourth-order valence-electron chi connectivity index (χ4n) is 1.74. The summed E-state index contributed by atoms with van der Waals surface area (Å²) in [6, 6.07) is 11.9.